The van der Waals surface area contributed by atoms with E-state index in [1.165, 1.54) is 0 Å². The first-order chi connectivity index (χ1) is 7.38. The fourth-order valence-electron chi connectivity index (χ4n) is 1.38. The van der Waals surface area contributed by atoms with Gasteiger partial charge in [0.25, 0.3) is 0 Å². The zero-order valence-corrected chi connectivity index (χ0v) is 11.0. The summed E-state index contributed by atoms with van der Waals surface area (Å²) in [4.78, 5) is 0. The van der Waals surface area contributed by atoms with Crippen molar-refractivity contribution in [1.82, 2.24) is 5.32 Å². The molecule has 0 spiro atoms. The monoisotopic (exact) mass is 251 g/mol. The molecule has 1 fully saturated rings. The van der Waals surface area contributed by atoms with Gasteiger partial charge in [-0.05, 0) is 25.8 Å². The summed E-state index contributed by atoms with van der Waals surface area (Å²) >= 11 is 4.09. The molecule has 90 valence electrons. The molecule has 1 N–H and O–H groups in total. The lowest BCUT2D eigenvalue weighted by Crippen LogP contribution is -2.22. The van der Waals surface area contributed by atoms with E-state index in [4.69, 9.17) is 9.47 Å². The van der Waals surface area contributed by atoms with Crippen molar-refractivity contribution < 1.29 is 9.47 Å². The molecule has 15 heavy (non-hydrogen) atoms. The molecular weight excluding hydrogens is 230 g/mol. The van der Waals surface area contributed by atoms with Crippen LogP contribution in [0.2, 0.25) is 0 Å². The number of rotatable bonds is 10. The van der Waals surface area contributed by atoms with Gasteiger partial charge < -0.3 is 9.47 Å². The molecule has 0 aromatic carbocycles. The van der Waals surface area contributed by atoms with E-state index < -0.39 is 0 Å². The van der Waals surface area contributed by atoms with Gasteiger partial charge in [-0.1, -0.05) is 17.7 Å². The Labute approximate surface area is 101 Å². The van der Waals surface area contributed by atoms with Crippen molar-refractivity contribution in [3.63, 3.8) is 0 Å². The highest BCUT2D eigenvalue weighted by molar-refractivity contribution is 8.68. The van der Waals surface area contributed by atoms with Crippen molar-refractivity contribution in [3.05, 3.63) is 0 Å². The predicted molar refractivity (Wildman–Crippen MR) is 68.5 cm³/mol. The van der Waals surface area contributed by atoms with Crippen LogP contribution in [0.3, 0.4) is 0 Å². The van der Waals surface area contributed by atoms with Crippen molar-refractivity contribution in [2.24, 2.45) is 0 Å². The van der Waals surface area contributed by atoms with E-state index in [9.17, 15) is 0 Å². The quantitative estimate of drug-likeness (QED) is 0.270. The molecule has 5 heteroatoms. The lowest BCUT2D eigenvalue weighted by molar-refractivity contribution is 0.131. The summed E-state index contributed by atoms with van der Waals surface area (Å²) in [5.41, 5.74) is 0. The highest BCUT2D eigenvalue weighted by atomic mass is 33.1. The van der Waals surface area contributed by atoms with Crippen LogP contribution in [0.5, 0.6) is 0 Å². The molecule has 0 aliphatic carbocycles. The summed E-state index contributed by atoms with van der Waals surface area (Å²) in [6.07, 6.45) is 3.96. The first kappa shape index (κ1) is 13.6. The van der Waals surface area contributed by atoms with Crippen LogP contribution >= 0.6 is 22.5 Å². The zero-order chi connectivity index (χ0) is 10.9. The minimum Gasteiger partial charge on any atom is -0.381 e. The molecule has 1 heterocycles. The normalized spacial score (nSPS) is 24.4. The van der Waals surface area contributed by atoms with Crippen molar-refractivity contribution in [3.8, 4) is 0 Å². The van der Waals surface area contributed by atoms with Crippen LogP contribution in [0.15, 0.2) is 0 Å². The Bertz CT molecular complexity index is 160. The minimum atomic E-state index is 0.289. The first-order valence-electron chi connectivity index (χ1n) is 5.61. The van der Waals surface area contributed by atoms with Gasteiger partial charge in [0.1, 0.15) is 12.3 Å². The van der Waals surface area contributed by atoms with Crippen molar-refractivity contribution in [2.75, 3.05) is 25.5 Å². The lowest BCUT2D eigenvalue weighted by atomic mass is 10.3. The molecule has 1 saturated heterocycles. The fraction of sp³-hybridized carbons (Fsp3) is 1.00. The maximum atomic E-state index is 5.45. The molecule has 0 aromatic rings. The molecule has 1 rings (SSSR count). The standard InChI is InChI=1S/C10H21NO2S2/c1-2-6-12-7-3-5-11-10-9(13-10)4-8-15-14/h9-11,14H,2-8H2,1H3. The summed E-state index contributed by atoms with van der Waals surface area (Å²) in [5, 5.41) is 3.36. The second kappa shape index (κ2) is 8.70. The molecule has 2 atom stereocenters. The average Bonchev–Trinajstić information content (AvgIpc) is 2.99. The fourth-order valence-corrected chi connectivity index (χ4v) is 2.03. The van der Waals surface area contributed by atoms with Gasteiger partial charge in [0, 0.05) is 19.0 Å². The lowest BCUT2D eigenvalue weighted by Gasteiger charge is -2.02. The second-order valence-electron chi connectivity index (χ2n) is 3.64. The minimum absolute atomic E-state index is 0.289. The summed E-state index contributed by atoms with van der Waals surface area (Å²) in [7, 11) is 1.58. The number of nitrogens with one attached hydrogen (secondary N) is 1. The van der Waals surface area contributed by atoms with Gasteiger partial charge in [-0.25, -0.2) is 0 Å². The number of hydrogen-bond donors (Lipinski definition) is 2. The van der Waals surface area contributed by atoms with E-state index in [0.29, 0.717) is 6.10 Å². The third-order valence-corrected chi connectivity index (χ3v) is 3.20. The Morgan fingerprint density at radius 1 is 1.47 bits per heavy atom. The van der Waals surface area contributed by atoms with Crippen LogP contribution in [-0.4, -0.2) is 37.8 Å². The van der Waals surface area contributed by atoms with E-state index in [1.807, 2.05) is 0 Å². The SMILES string of the molecule is CCCOCCCNC1OC1CCSS. The molecule has 1 aliphatic heterocycles. The summed E-state index contributed by atoms with van der Waals surface area (Å²) < 4.78 is 10.8. The van der Waals surface area contributed by atoms with Crippen molar-refractivity contribution in [1.29, 1.82) is 0 Å². The number of epoxide rings is 1. The summed E-state index contributed by atoms with van der Waals surface area (Å²) in [5.74, 6) is 1.06. The second-order valence-corrected chi connectivity index (χ2v) is 5.08. The van der Waals surface area contributed by atoms with E-state index in [-0.39, 0.29) is 6.23 Å². The van der Waals surface area contributed by atoms with E-state index in [0.717, 1.165) is 44.8 Å². The van der Waals surface area contributed by atoms with Gasteiger partial charge in [-0.15, -0.1) is 11.7 Å². The number of thiol groups is 1. The van der Waals surface area contributed by atoms with E-state index in [1.54, 1.807) is 10.8 Å². The largest absolute Gasteiger partial charge is 0.381 e. The van der Waals surface area contributed by atoms with Gasteiger partial charge in [0.15, 0.2) is 0 Å². The maximum Gasteiger partial charge on any atom is 0.135 e. The van der Waals surface area contributed by atoms with Gasteiger partial charge in [0.2, 0.25) is 0 Å². The van der Waals surface area contributed by atoms with Crippen molar-refractivity contribution >= 4 is 22.5 Å². The van der Waals surface area contributed by atoms with E-state index >= 15 is 0 Å². The third-order valence-electron chi connectivity index (χ3n) is 2.24. The van der Waals surface area contributed by atoms with Gasteiger partial charge >= 0.3 is 0 Å². The zero-order valence-electron chi connectivity index (χ0n) is 9.28. The summed E-state index contributed by atoms with van der Waals surface area (Å²) in [6.45, 7) is 4.84. The molecule has 3 nitrogen and oxygen atoms in total. The number of ether oxygens (including phenoxy) is 2. The molecule has 0 amide bonds. The van der Waals surface area contributed by atoms with Crippen LogP contribution in [0.25, 0.3) is 0 Å². The van der Waals surface area contributed by atoms with Crippen LogP contribution in [-0.2, 0) is 9.47 Å². The topological polar surface area (TPSA) is 33.8 Å². The van der Waals surface area contributed by atoms with Gasteiger partial charge in [-0.3, -0.25) is 5.32 Å². The Kier molecular flexibility index (Phi) is 7.91. The molecule has 0 aromatic heterocycles. The molecule has 2 unspecified atom stereocenters. The van der Waals surface area contributed by atoms with Gasteiger partial charge in [-0.2, -0.15) is 0 Å². The number of hydrogen-bond acceptors (Lipinski definition) is 5. The van der Waals surface area contributed by atoms with Crippen LogP contribution < -0.4 is 5.32 Å². The maximum absolute atomic E-state index is 5.45. The van der Waals surface area contributed by atoms with Crippen molar-refractivity contribution in [2.45, 2.75) is 38.5 Å². The van der Waals surface area contributed by atoms with Crippen LogP contribution in [0.1, 0.15) is 26.2 Å². The predicted octanol–water partition coefficient (Wildman–Crippen LogP) is 2.09. The van der Waals surface area contributed by atoms with Crippen LogP contribution in [0, 0.1) is 0 Å². The molecule has 0 bridgehead atoms. The molecule has 0 radical (unpaired) electrons. The molecule has 0 saturated carbocycles. The summed E-state index contributed by atoms with van der Waals surface area (Å²) in [6, 6.07) is 0. The highest BCUT2D eigenvalue weighted by Gasteiger charge is 2.37. The first-order valence-corrected chi connectivity index (χ1v) is 7.65. The average molecular weight is 251 g/mol. The van der Waals surface area contributed by atoms with E-state index in [2.05, 4.69) is 23.9 Å². The Balaban J connectivity index is 1.78. The highest BCUT2D eigenvalue weighted by Crippen LogP contribution is 2.24. The molecular formula is C10H21NO2S2. The Morgan fingerprint density at radius 2 is 2.33 bits per heavy atom. The smallest absolute Gasteiger partial charge is 0.135 e. The van der Waals surface area contributed by atoms with Gasteiger partial charge in [0.05, 0.1) is 0 Å². The molecule has 1 aliphatic rings. The van der Waals surface area contributed by atoms with Crippen LogP contribution in [0.4, 0.5) is 0 Å². The Morgan fingerprint density at radius 3 is 3.07 bits per heavy atom. The third kappa shape index (κ3) is 6.68. The Hall–Kier alpha value is 0.580.